The number of halogens is 2. The van der Waals surface area contributed by atoms with E-state index in [0.717, 1.165) is 57.2 Å². The number of thiophene rings is 1. The topological polar surface area (TPSA) is 82.5 Å². The Morgan fingerprint density at radius 1 is 1.02 bits per heavy atom. The van der Waals surface area contributed by atoms with Crippen LogP contribution in [0.15, 0.2) is 53.6 Å². The van der Waals surface area contributed by atoms with Crippen molar-refractivity contribution in [3.63, 3.8) is 0 Å². The first-order chi connectivity index (χ1) is 20.7. The molecular formula is C32H32F2N6O2S. The van der Waals surface area contributed by atoms with Crippen LogP contribution in [0.4, 0.5) is 31.7 Å². The number of likely N-dealkylation sites (N-methyl/N-ethyl adjacent to an activating group) is 1. The van der Waals surface area contributed by atoms with Gasteiger partial charge in [-0.05, 0) is 80.1 Å². The summed E-state index contributed by atoms with van der Waals surface area (Å²) >= 11 is 1.43. The number of piperazine rings is 1. The van der Waals surface area contributed by atoms with Crippen LogP contribution in [0.2, 0.25) is 0 Å². The van der Waals surface area contributed by atoms with Gasteiger partial charge in [0.2, 0.25) is 0 Å². The molecule has 3 aliphatic rings. The number of nitrogens with zero attached hydrogens (tertiary/aromatic N) is 4. The Morgan fingerprint density at radius 3 is 2.56 bits per heavy atom. The molecule has 222 valence electrons. The molecular weight excluding hydrogens is 570 g/mol. The fraction of sp³-hybridized carbons (Fsp3) is 0.344. The quantitative estimate of drug-likeness (QED) is 0.286. The molecule has 2 bridgehead atoms. The standard InChI is InChI=1S/C32H32F2N6O2S/c1-38-9-11-40(12-10-38)21-5-8-27(35-16-21)36-25-14-20(17-39(2)32(25)42)22-6-7-24(33)29(28(22)34)37-31(41)26-15-23-18-3-4-19(13-18)30(23)43-26/h5-8,14-19H,3-4,9-13H2,1-2H3,(H,35,36)(H,37,41). The number of aryl methyl sites for hydroxylation is 1. The summed E-state index contributed by atoms with van der Waals surface area (Å²) in [5.74, 6) is -0.838. The SMILES string of the molecule is CN1CCN(c2ccc(Nc3cc(-c4ccc(F)c(NC(=O)c5cc6c(s5)C5CCC6C5)c4F)cn(C)c3=O)nc2)CC1. The minimum atomic E-state index is -0.906. The third-order valence-corrected chi connectivity index (χ3v) is 10.3. The molecule has 1 amide bonds. The number of aromatic nitrogens is 2. The van der Waals surface area contributed by atoms with Crippen LogP contribution in [0.1, 0.15) is 51.2 Å². The zero-order chi connectivity index (χ0) is 29.8. The molecule has 2 unspecified atom stereocenters. The maximum Gasteiger partial charge on any atom is 0.274 e. The summed E-state index contributed by atoms with van der Waals surface area (Å²) in [6.45, 7) is 3.78. The highest BCUT2D eigenvalue weighted by atomic mass is 32.1. The van der Waals surface area contributed by atoms with Crippen LogP contribution in [0.25, 0.3) is 11.1 Å². The molecule has 4 heterocycles. The molecule has 2 aliphatic carbocycles. The second-order valence-electron chi connectivity index (χ2n) is 11.8. The molecule has 0 spiro atoms. The average Bonchev–Trinajstić information content (AvgIpc) is 3.73. The summed E-state index contributed by atoms with van der Waals surface area (Å²) in [6, 6.07) is 9.59. The van der Waals surface area contributed by atoms with E-state index in [1.807, 2.05) is 12.1 Å². The van der Waals surface area contributed by atoms with Crippen molar-refractivity contribution in [3.05, 3.63) is 86.1 Å². The summed E-state index contributed by atoms with van der Waals surface area (Å²) in [5, 5.41) is 5.53. The van der Waals surface area contributed by atoms with Crippen molar-refractivity contribution < 1.29 is 13.6 Å². The predicted octanol–water partition coefficient (Wildman–Crippen LogP) is 5.90. The maximum atomic E-state index is 15.8. The molecule has 2 atom stereocenters. The third kappa shape index (κ3) is 5.10. The Hall–Kier alpha value is -4.09. The largest absolute Gasteiger partial charge is 0.368 e. The summed E-state index contributed by atoms with van der Waals surface area (Å²) in [5.41, 5.74) is 1.97. The van der Waals surface area contributed by atoms with E-state index in [1.54, 1.807) is 19.3 Å². The monoisotopic (exact) mass is 602 g/mol. The van der Waals surface area contributed by atoms with Crippen LogP contribution >= 0.6 is 11.3 Å². The molecule has 2 fully saturated rings. The van der Waals surface area contributed by atoms with Crippen molar-refractivity contribution in [3.8, 4) is 11.1 Å². The van der Waals surface area contributed by atoms with E-state index < -0.39 is 23.2 Å². The smallest absolute Gasteiger partial charge is 0.274 e. The summed E-state index contributed by atoms with van der Waals surface area (Å²) in [7, 11) is 3.67. The number of anilines is 4. The number of nitrogens with one attached hydrogen (secondary N) is 2. The molecule has 1 saturated heterocycles. The van der Waals surface area contributed by atoms with Gasteiger partial charge in [0.05, 0.1) is 16.8 Å². The zero-order valence-corrected chi connectivity index (χ0v) is 24.8. The number of carbonyl (C=O) groups is 1. The van der Waals surface area contributed by atoms with Crippen molar-refractivity contribution >= 4 is 40.1 Å². The van der Waals surface area contributed by atoms with E-state index in [0.29, 0.717) is 28.1 Å². The fourth-order valence-corrected chi connectivity index (χ4v) is 7.83. The summed E-state index contributed by atoms with van der Waals surface area (Å²) in [4.78, 5) is 36.8. The Labute approximate surface area is 252 Å². The van der Waals surface area contributed by atoms with Gasteiger partial charge in [-0.2, -0.15) is 0 Å². The molecule has 11 heteroatoms. The van der Waals surface area contributed by atoms with Gasteiger partial charge in [0.25, 0.3) is 11.5 Å². The second-order valence-corrected chi connectivity index (χ2v) is 12.8. The molecule has 0 radical (unpaired) electrons. The number of fused-ring (bicyclic) bond motifs is 5. The first-order valence-electron chi connectivity index (χ1n) is 14.6. The number of amides is 1. The molecule has 7 rings (SSSR count). The molecule has 1 saturated carbocycles. The number of carbonyl (C=O) groups excluding carboxylic acids is 1. The first-order valence-corrected chi connectivity index (χ1v) is 15.4. The van der Waals surface area contributed by atoms with E-state index in [2.05, 4.69) is 32.5 Å². The molecule has 1 aliphatic heterocycles. The molecule has 2 N–H and O–H groups in total. The highest BCUT2D eigenvalue weighted by molar-refractivity contribution is 7.14. The van der Waals surface area contributed by atoms with Crippen molar-refractivity contribution in [2.45, 2.75) is 31.1 Å². The van der Waals surface area contributed by atoms with Gasteiger partial charge < -0.3 is 25.0 Å². The van der Waals surface area contributed by atoms with Crippen LogP contribution in [0.3, 0.4) is 0 Å². The van der Waals surface area contributed by atoms with Gasteiger partial charge in [0.15, 0.2) is 5.82 Å². The maximum absolute atomic E-state index is 15.8. The van der Waals surface area contributed by atoms with Crippen LogP contribution < -0.4 is 21.1 Å². The number of benzene rings is 1. The van der Waals surface area contributed by atoms with Gasteiger partial charge in [-0.3, -0.25) is 9.59 Å². The minimum Gasteiger partial charge on any atom is -0.368 e. The van der Waals surface area contributed by atoms with Gasteiger partial charge in [0.1, 0.15) is 23.0 Å². The first kappa shape index (κ1) is 27.7. The number of hydrogen-bond acceptors (Lipinski definition) is 7. The van der Waals surface area contributed by atoms with Gasteiger partial charge in [0, 0.05) is 55.4 Å². The molecule has 4 aromatic rings. The van der Waals surface area contributed by atoms with E-state index >= 15 is 4.39 Å². The molecule has 8 nitrogen and oxygen atoms in total. The second kappa shape index (κ2) is 10.9. The Balaban J connectivity index is 1.13. The number of rotatable bonds is 6. The van der Waals surface area contributed by atoms with Crippen LogP contribution in [0, 0.1) is 11.6 Å². The van der Waals surface area contributed by atoms with Gasteiger partial charge in [-0.15, -0.1) is 11.3 Å². The normalized spacial score (nSPS) is 19.5. The Kier molecular flexibility index (Phi) is 7.01. The molecule has 3 aromatic heterocycles. The molecule has 43 heavy (non-hydrogen) atoms. The lowest BCUT2D eigenvalue weighted by atomic mass is 9.99. The summed E-state index contributed by atoms with van der Waals surface area (Å²) in [6.07, 6.45) is 6.67. The summed E-state index contributed by atoms with van der Waals surface area (Å²) < 4.78 is 32.1. The third-order valence-electron chi connectivity index (χ3n) is 8.96. The highest BCUT2D eigenvalue weighted by Gasteiger charge is 2.39. The number of pyridine rings is 2. The average molecular weight is 603 g/mol. The van der Waals surface area contributed by atoms with Crippen LogP contribution in [-0.4, -0.2) is 53.6 Å². The van der Waals surface area contributed by atoms with E-state index in [-0.39, 0.29) is 16.8 Å². The predicted molar refractivity (Wildman–Crippen MR) is 166 cm³/mol. The number of hydrogen-bond donors (Lipinski definition) is 2. The van der Waals surface area contributed by atoms with Crippen molar-refractivity contribution in [1.82, 2.24) is 14.5 Å². The van der Waals surface area contributed by atoms with Crippen molar-refractivity contribution in [1.29, 1.82) is 0 Å². The molecule has 1 aromatic carbocycles. The minimum absolute atomic E-state index is 0.0560. The fourth-order valence-electron chi connectivity index (χ4n) is 6.53. The lowest BCUT2D eigenvalue weighted by molar-refractivity contribution is 0.102. The van der Waals surface area contributed by atoms with Gasteiger partial charge in [-0.25, -0.2) is 13.8 Å². The van der Waals surface area contributed by atoms with E-state index in [4.69, 9.17) is 0 Å². The van der Waals surface area contributed by atoms with Crippen LogP contribution in [-0.2, 0) is 7.05 Å². The van der Waals surface area contributed by atoms with E-state index in [1.165, 1.54) is 44.7 Å². The Morgan fingerprint density at radius 2 is 1.81 bits per heavy atom. The van der Waals surface area contributed by atoms with E-state index in [9.17, 15) is 14.0 Å². The highest BCUT2D eigenvalue weighted by Crippen LogP contribution is 2.56. The van der Waals surface area contributed by atoms with Gasteiger partial charge in [-0.1, -0.05) is 0 Å². The van der Waals surface area contributed by atoms with Crippen molar-refractivity contribution in [2.24, 2.45) is 7.05 Å². The van der Waals surface area contributed by atoms with Crippen molar-refractivity contribution in [2.75, 3.05) is 48.8 Å². The lowest BCUT2D eigenvalue weighted by Gasteiger charge is -2.33. The Bertz CT molecular complexity index is 1750. The van der Waals surface area contributed by atoms with Crippen LogP contribution in [0.5, 0.6) is 0 Å². The zero-order valence-electron chi connectivity index (χ0n) is 24.0. The lowest BCUT2D eigenvalue weighted by Crippen LogP contribution is -2.44. The van der Waals surface area contributed by atoms with Gasteiger partial charge >= 0.3 is 0 Å².